The van der Waals surface area contributed by atoms with Crippen LogP contribution in [0.1, 0.15) is 69.8 Å². The molecule has 0 fully saturated rings. The number of anilines is 1. The molecule has 2 N–H and O–H groups in total. The van der Waals surface area contributed by atoms with Crippen molar-refractivity contribution in [3.8, 4) is 5.69 Å². The zero-order valence-electron chi connectivity index (χ0n) is 29.4. The van der Waals surface area contributed by atoms with Crippen LogP contribution < -0.4 is 14.9 Å². The molecule has 12 nitrogen and oxygen atoms in total. The van der Waals surface area contributed by atoms with Gasteiger partial charge in [0.1, 0.15) is 5.02 Å². The second kappa shape index (κ2) is 16.0. The molecule has 1 atom stereocenters. The van der Waals surface area contributed by atoms with Gasteiger partial charge in [0.25, 0.3) is 15.9 Å². The second-order valence-corrected chi connectivity index (χ2v) is 15.3. The number of ketones is 1. The number of benzene rings is 4. The van der Waals surface area contributed by atoms with Gasteiger partial charge in [0.15, 0.2) is 11.6 Å². The lowest BCUT2D eigenvalue weighted by molar-refractivity contribution is 0.0981. The van der Waals surface area contributed by atoms with Gasteiger partial charge < -0.3 is 10.2 Å². The number of carbonyl (C=O) groups excluding carboxylic acids is 2. The summed E-state index contributed by atoms with van der Waals surface area (Å²) in [5.41, 5.74) is 12.0. The number of aromatic nitrogens is 2. The minimum absolute atomic E-state index is 0.0538. The Kier molecular flexibility index (Phi) is 11.4. The maximum atomic E-state index is 14.8. The summed E-state index contributed by atoms with van der Waals surface area (Å²) in [6, 6.07) is 19.3. The Morgan fingerprint density at radius 3 is 2.53 bits per heavy atom. The van der Waals surface area contributed by atoms with Crippen LogP contribution in [0, 0.1) is 6.92 Å². The van der Waals surface area contributed by atoms with E-state index in [1.807, 2.05) is 13.0 Å². The topological polar surface area (TPSA) is 162 Å². The largest absolute Gasteiger partial charge is 0.354 e. The van der Waals surface area contributed by atoms with Crippen LogP contribution in [-0.2, 0) is 23.0 Å². The monoisotopic (exact) mass is 772 g/mol. The molecule has 0 radical (unpaired) electrons. The van der Waals surface area contributed by atoms with Crippen molar-refractivity contribution >= 4 is 61.5 Å². The van der Waals surface area contributed by atoms with E-state index in [2.05, 4.69) is 38.8 Å². The summed E-state index contributed by atoms with van der Waals surface area (Å²) < 4.78 is 30.8. The predicted octanol–water partition coefficient (Wildman–Crippen LogP) is 7.94. The number of carbonyl (C=O) groups is 2. The van der Waals surface area contributed by atoms with Crippen LogP contribution in [0.25, 0.3) is 26.9 Å². The third-order valence-electron chi connectivity index (χ3n) is 9.30. The standard InChI is InChI=1S/C38H38Cl2N8O4S/c1-4-16-47(17-5-2)37-35(40)23(3)48(44-37)34-15-13-25(38(50)45-53(51,52)28-14-12-24-8-7-11-33(39)31(24)20-28)18-32(34)36(49)29-10-6-9-26-21-42-27(19-30(26)29)22-43-46-41/h6-15,18,20,27,42H,4-5,16-17,19,21-22H2,1-3H3,(H,45,50). The summed E-state index contributed by atoms with van der Waals surface area (Å²) in [4.78, 5) is 33.3. The van der Waals surface area contributed by atoms with Crippen molar-refractivity contribution in [2.24, 2.45) is 5.11 Å². The van der Waals surface area contributed by atoms with E-state index in [0.29, 0.717) is 51.2 Å². The lowest BCUT2D eigenvalue weighted by Gasteiger charge is -2.27. The molecule has 4 aromatic carbocycles. The van der Waals surface area contributed by atoms with E-state index < -0.39 is 21.7 Å². The number of nitrogens with one attached hydrogen (secondary N) is 2. The number of amides is 1. The molecule has 15 heteroatoms. The number of fused-ring (bicyclic) bond motifs is 2. The van der Waals surface area contributed by atoms with Gasteiger partial charge in [-0.25, -0.2) is 17.8 Å². The Balaban J connectivity index is 1.44. The summed E-state index contributed by atoms with van der Waals surface area (Å²) in [5, 5.41) is 14.0. The average Bonchev–Trinajstić information content (AvgIpc) is 3.45. The van der Waals surface area contributed by atoms with Gasteiger partial charge in [-0.2, -0.15) is 0 Å². The number of sulfonamides is 1. The maximum absolute atomic E-state index is 14.8. The summed E-state index contributed by atoms with van der Waals surface area (Å²) in [6.45, 7) is 8.09. The summed E-state index contributed by atoms with van der Waals surface area (Å²) in [6.07, 6.45) is 2.18. The zero-order valence-corrected chi connectivity index (χ0v) is 31.8. The Bertz CT molecular complexity index is 2390. The van der Waals surface area contributed by atoms with Crippen molar-refractivity contribution in [2.45, 2.75) is 57.5 Å². The molecule has 1 aliphatic rings. The first-order valence-electron chi connectivity index (χ1n) is 17.3. The molecule has 0 spiro atoms. The van der Waals surface area contributed by atoms with E-state index >= 15 is 0 Å². The SMILES string of the molecule is CCCN(CCC)c1nn(-c2ccc(C(=O)NS(=O)(=O)c3ccc4cccc(Cl)c4c3)cc2C(=O)c2cccc3c2CC(CN=[N+]=[N-])NC3)c(C)c1Cl. The molecule has 0 bridgehead atoms. The molecule has 0 aliphatic carbocycles. The Morgan fingerprint density at radius 1 is 1.04 bits per heavy atom. The quantitative estimate of drug-likeness (QED) is 0.0531. The van der Waals surface area contributed by atoms with Crippen LogP contribution >= 0.6 is 23.2 Å². The highest BCUT2D eigenvalue weighted by molar-refractivity contribution is 7.90. The van der Waals surface area contributed by atoms with Gasteiger partial charge in [-0.1, -0.05) is 78.6 Å². The van der Waals surface area contributed by atoms with Crippen LogP contribution in [0.2, 0.25) is 10.0 Å². The van der Waals surface area contributed by atoms with Crippen molar-refractivity contribution in [2.75, 3.05) is 24.5 Å². The second-order valence-electron chi connectivity index (χ2n) is 12.9. The number of hydrogen-bond acceptors (Lipinski definition) is 8. The van der Waals surface area contributed by atoms with E-state index in [1.54, 1.807) is 47.1 Å². The third kappa shape index (κ3) is 7.76. The highest BCUT2D eigenvalue weighted by Gasteiger charge is 2.28. The molecule has 1 aromatic heterocycles. The molecule has 6 rings (SSSR count). The van der Waals surface area contributed by atoms with Gasteiger partial charge in [0, 0.05) is 64.2 Å². The fourth-order valence-electron chi connectivity index (χ4n) is 6.67. The van der Waals surface area contributed by atoms with Crippen molar-refractivity contribution in [1.82, 2.24) is 19.8 Å². The molecule has 53 heavy (non-hydrogen) atoms. The summed E-state index contributed by atoms with van der Waals surface area (Å²) >= 11 is 13.2. The highest BCUT2D eigenvalue weighted by atomic mass is 35.5. The third-order valence-corrected chi connectivity index (χ3v) is 11.4. The van der Waals surface area contributed by atoms with E-state index in [0.717, 1.165) is 42.4 Å². The molecule has 1 aliphatic heterocycles. The average molecular weight is 774 g/mol. The molecular weight excluding hydrogens is 735 g/mol. The van der Waals surface area contributed by atoms with Crippen molar-refractivity contribution in [3.05, 3.63) is 127 Å². The fourth-order valence-corrected chi connectivity index (χ4v) is 8.14. The van der Waals surface area contributed by atoms with Crippen LogP contribution in [-0.4, -0.2) is 55.6 Å². The Labute approximate surface area is 317 Å². The number of halogens is 2. The first kappa shape index (κ1) is 37.8. The molecule has 2 heterocycles. The van der Waals surface area contributed by atoms with Gasteiger partial charge in [-0.15, -0.1) is 5.10 Å². The Hall–Kier alpha value is -4.91. The maximum Gasteiger partial charge on any atom is 0.265 e. The lowest BCUT2D eigenvalue weighted by atomic mass is 9.87. The van der Waals surface area contributed by atoms with E-state index in [4.69, 9.17) is 33.8 Å². The summed E-state index contributed by atoms with van der Waals surface area (Å²) in [7, 11) is -4.34. The lowest BCUT2D eigenvalue weighted by Crippen LogP contribution is -2.38. The molecule has 0 saturated carbocycles. The van der Waals surface area contributed by atoms with Gasteiger partial charge in [-0.3, -0.25) is 9.59 Å². The molecular formula is C38H38Cl2N8O4S. The van der Waals surface area contributed by atoms with Crippen molar-refractivity contribution in [1.29, 1.82) is 0 Å². The highest BCUT2D eigenvalue weighted by Crippen LogP contribution is 2.34. The first-order chi connectivity index (χ1) is 25.5. The van der Waals surface area contributed by atoms with Crippen LogP contribution in [0.5, 0.6) is 0 Å². The van der Waals surface area contributed by atoms with Gasteiger partial charge >= 0.3 is 0 Å². The van der Waals surface area contributed by atoms with Crippen LogP contribution in [0.15, 0.2) is 82.8 Å². The molecule has 274 valence electrons. The summed E-state index contributed by atoms with van der Waals surface area (Å²) in [5.74, 6) is -0.736. The van der Waals surface area contributed by atoms with Crippen LogP contribution in [0.4, 0.5) is 5.82 Å². The smallest absolute Gasteiger partial charge is 0.265 e. The Morgan fingerprint density at radius 2 is 1.79 bits per heavy atom. The fraction of sp³-hybridized carbons (Fsp3) is 0.289. The van der Waals surface area contributed by atoms with Crippen LogP contribution in [0.3, 0.4) is 0 Å². The predicted molar refractivity (Wildman–Crippen MR) is 208 cm³/mol. The van der Waals surface area contributed by atoms with Crippen molar-refractivity contribution < 1.29 is 18.0 Å². The molecule has 1 unspecified atom stereocenters. The molecule has 5 aromatic rings. The van der Waals surface area contributed by atoms with Gasteiger partial charge in [0.05, 0.1) is 16.3 Å². The number of hydrogen-bond donors (Lipinski definition) is 2. The van der Waals surface area contributed by atoms with E-state index in [1.165, 1.54) is 24.3 Å². The normalized spacial score (nSPS) is 14.0. The molecule has 1 amide bonds. The number of azide groups is 1. The number of nitrogens with zero attached hydrogens (tertiary/aromatic N) is 6. The first-order valence-corrected chi connectivity index (χ1v) is 19.5. The number of rotatable bonds is 13. The zero-order chi connectivity index (χ0) is 37.9. The van der Waals surface area contributed by atoms with E-state index in [9.17, 15) is 18.0 Å². The minimum atomic E-state index is -4.34. The molecule has 0 saturated heterocycles. The van der Waals surface area contributed by atoms with Gasteiger partial charge in [-0.05, 0) is 84.6 Å². The minimum Gasteiger partial charge on any atom is -0.354 e. The van der Waals surface area contributed by atoms with Crippen molar-refractivity contribution in [3.63, 3.8) is 0 Å². The van der Waals surface area contributed by atoms with E-state index in [-0.39, 0.29) is 28.6 Å². The van der Waals surface area contributed by atoms with Gasteiger partial charge in [0.2, 0.25) is 0 Å².